The van der Waals surface area contributed by atoms with Crippen molar-refractivity contribution in [3.05, 3.63) is 29.3 Å². The Bertz CT molecular complexity index is 375. The fraction of sp³-hybridized carbons (Fsp3) is 0.250. The van der Waals surface area contributed by atoms with Gasteiger partial charge < -0.3 is 0 Å². The average Bonchev–Trinajstić information content (AvgIpc) is 1.99. The van der Waals surface area contributed by atoms with Crippen LogP contribution < -0.4 is 0 Å². The quantitative estimate of drug-likeness (QED) is 0.549. The van der Waals surface area contributed by atoms with Crippen molar-refractivity contribution < 1.29 is 45.2 Å². The Morgan fingerprint density at radius 1 is 0.750 bits per heavy atom. The maximum Gasteiger partial charge on any atom is 0.418 e. The third-order valence-electron chi connectivity index (χ3n) is 1.62. The minimum atomic E-state index is -5.09. The molecule has 0 spiro atoms. The van der Waals surface area contributed by atoms with Crippen LogP contribution in [-0.4, -0.2) is 0 Å². The molecule has 0 saturated heterocycles. The molecule has 12 heteroatoms. The van der Waals surface area contributed by atoms with Crippen molar-refractivity contribution in [3.63, 3.8) is 0 Å². The van der Waals surface area contributed by atoms with Gasteiger partial charge in [-0.25, -0.2) is 0 Å². The van der Waals surface area contributed by atoms with E-state index in [2.05, 4.69) is 12.6 Å². The molecular weight excluding hydrogens is 354 g/mol. The van der Waals surface area contributed by atoms with Gasteiger partial charge in [-0.15, -0.1) is 12.4 Å². The molecule has 0 aliphatic carbocycles. The van der Waals surface area contributed by atoms with Crippen LogP contribution in [0, 0.1) is 0 Å². The number of benzene rings is 1. The third-order valence-corrected chi connectivity index (χ3v) is 1.96. The maximum absolute atomic E-state index is 12.3. The molecule has 0 N–H and O–H groups in total. The number of halogens is 11. The highest BCUT2D eigenvalue weighted by molar-refractivity contribution is 7.80. The standard InChI is InChI=1S/C8H3F6S.ClH.4FH/c9-7(10,11)4-2-1-3-5(15)6(4)8(12,13)14;;;;;/h1-3H;5*1H. The zero-order valence-corrected chi connectivity index (χ0v) is 10.6. The topological polar surface area (TPSA) is 0 Å². The molecule has 1 aromatic rings. The van der Waals surface area contributed by atoms with Crippen molar-refractivity contribution in [1.29, 1.82) is 0 Å². The smallest absolute Gasteiger partial charge is 0.269 e. The summed E-state index contributed by atoms with van der Waals surface area (Å²) in [5.74, 6) is 0. The Balaban J connectivity index is -0.000000150. The summed E-state index contributed by atoms with van der Waals surface area (Å²) in [4.78, 5) is -0.850. The number of alkyl halides is 6. The van der Waals surface area contributed by atoms with Crippen molar-refractivity contribution in [2.45, 2.75) is 17.2 Å². The summed E-state index contributed by atoms with van der Waals surface area (Å²) < 4.78 is 73.5. The molecule has 0 aliphatic heterocycles. The Hall–Kier alpha value is -0.970. The Morgan fingerprint density at radius 3 is 1.40 bits per heavy atom. The summed E-state index contributed by atoms with van der Waals surface area (Å²) >= 11 is 4.24. The fourth-order valence-electron chi connectivity index (χ4n) is 1.06. The zero-order chi connectivity index (χ0) is 11.9. The lowest BCUT2D eigenvalue weighted by Gasteiger charge is -2.16. The van der Waals surface area contributed by atoms with Crippen molar-refractivity contribution >= 4 is 25.0 Å². The van der Waals surface area contributed by atoms with Crippen molar-refractivity contribution in [3.8, 4) is 0 Å². The average molecular weight is 362 g/mol. The Labute approximate surface area is 117 Å². The van der Waals surface area contributed by atoms with Gasteiger partial charge in [-0.1, -0.05) is 18.7 Å². The van der Waals surface area contributed by atoms with Gasteiger partial charge in [0.1, 0.15) is 0 Å². The molecule has 0 amide bonds. The molecule has 123 valence electrons. The summed E-state index contributed by atoms with van der Waals surface area (Å²) in [5.41, 5.74) is -3.55. The molecule has 0 heterocycles. The second kappa shape index (κ2) is 9.86. The lowest BCUT2D eigenvalue weighted by Crippen LogP contribution is -2.17. The monoisotopic (exact) mass is 361 g/mol. The SMILES string of the molecule is Cl.F.F.F.F.FC(F)(F)c1cccc([S])c1C(F)(F)F. The highest BCUT2D eigenvalue weighted by Crippen LogP contribution is 2.42. The van der Waals surface area contributed by atoms with E-state index in [1.165, 1.54) is 0 Å². The van der Waals surface area contributed by atoms with Gasteiger partial charge in [0.25, 0.3) is 0 Å². The van der Waals surface area contributed by atoms with Crippen LogP contribution in [0.5, 0.6) is 0 Å². The Kier molecular flexibility index (Phi) is 15.5. The highest BCUT2D eigenvalue weighted by Gasteiger charge is 2.44. The summed E-state index contributed by atoms with van der Waals surface area (Å²) in [7, 11) is 0. The summed E-state index contributed by atoms with van der Waals surface area (Å²) in [6, 6.07) is 2.02. The number of hydrogen-bond donors (Lipinski definition) is 0. The molecule has 1 rings (SSSR count). The minimum absolute atomic E-state index is 0. The first-order valence-corrected chi connectivity index (χ1v) is 3.99. The van der Waals surface area contributed by atoms with E-state index in [4.69, 9.17) is 0 Å². The second-order valence-corrected chi connectivity index (χ2v) is 3.11. The molecule has 0 aromatic heterocycles. The predicted octanol–water partition coefficient (Wildman–Crippen LogP) is 5.31. The van der Waals surface area contributed by atoms with Crippen LogP contribution in [-0.2, 0) is 12.4 Å². The third kappa shape index (κ3) is 6.98. The number of rotatable bonds is 0. The van der Waals surface area contributed by atoms with Gasteiger partial charge >= 0.3 is 12.4 Å². The van der Waals surface area contributed by atoms with Gasteiger partial charge in [0, 0.05) is 0 Å². The molecular formula is C8H8ClF10S. The summed E-state index contributed by atoms with van der Waals surface area (Å²) in [6.07, 6.45) is -10.1. The summed E-state index contributed by atoms with van der Waals surface area (Å²) in [6.45, 7) is 0. The molecule has 0 fully saturated rings. The molecule has 1 aromatic carbocycles. The highest BCUT2D eigenvalue weighted by atomic mass is 35.5. The van der Waals surface area contributed by atoms with E-state index in [0.29, 0.717) is 6.07 Å². The van der Waals surface area contributed by atoms with E-state index in [9.17, 15) is 26.3 Å². The largest absolute Gasteiger partial charge is 0.418 e. The molecule has 20 heavy (non-hydrogen) atoms. The van der Waals surface area contributed by atoms with Crippen LogP contribution >= 0.6 is 25.0 Å². The minimum Gasteiger partial charge on any atom is -0.269 e. The lowest BCUT2D eigenvalue weighted by molar-refractivity contribution is -0.163. The zero-order valence-electron chi connectivity index (χ0n) is 8.95. The van der Waals surface area contributed by atoms with Crippen molar-refractivity contribution in [2.75, 3.05) is 0 Å². The van der Waals surface area contributed by atoms with Crippen LogP contribution in [0.3, 0.4) is 0 Å². The van der Waals surface area contributed by atoms with E-state index in [-0.39, 0.29) is 31.2 Å². The maximum atomic E-state index is 12.3. The molecule has 0 saturated carbocycles. The van der Waals surface area contributed by atoms with Crippen LogP contribution in [0.2, 0.25) is 0 Å². The second-order valence-electron chi connectivity index (χ2n) is 2.67. The molecule has 0 bridgehead atoms. The first-order chi connectivity index (χ1) is 6.64. The van der Waals surface area contributed by atoms with Crippen LogP contribution in [0.1, 0.15) is 11.1 Å². The van der Waals surface area contributed by atoms with E-state index in [0.717, 1.165) is 12.1 Å². The van der Waals surface area contributed by atoms with Crippen molar-refractivity contribution in [2.24, 2.45) is 0 Å². The molecule has 0 atom stereocenters. The van der Waals surface area contributed by atoms with E-state index in [1.54, 1.807) is 0 Å². The summed E-state index contributed by atoms with van der Waals surface area (Å²) in [5, 5.41) is 0. The van der Waals surface area contributed by atoms with Gasteiger partial charge in [0.15, 0.2) is 0 Å². The van der Waals surface area contributed by atoms with Crippen molar-refractivity contribution in [1.82, 2.24) is 0 Å². The van der Waals surface area contributed by atoms with Crippen LogP contribution in [0.15, 0.2) is 23.1 Å². The van der Waals surface area contributed by atoms with E-state index < -0.39 is 28.4 Å². The van der Waals surface area contributed by atoms with Crippen LogP contribution in [0.25, 0.3) is 0 Å². The van der Waals surface area contributed by atoms with Gasteiger partial charge in [0.05, 0.1) is 16.0 Å². The molecule has 0 aliphatic rings. The molecule has 0 nitrogen and oxygen atoms in total. The molecule has 1 radical (unpaired) electrons. The molecule has 0 unspecified atom stereocenters. The number of hydrogen-bond acceptors (Lipinski definition) is 0. The fourth-order valence-corrected chi connectivity index (χ4v) is 1.36. The lowest BCUT2D eigenvalue weighted by atomic mass is 10.1. The van der Waals surface area contributed by atoms with Gasteiger partial charge in [-0.3, -0.25) is 18.8 Å². The van der Waals surface area contributed by atoms with E-state index in [1.807, 2.05) is 0 Å². The van der Waals surface area contributed by atoms with E-state index >= 15 is 0 Å². The Morgan fingerprint density at radius 2 is 1.15 bits per heavy atom. The first kappa shape index (κ1) is 31.4. The first-order valence-electron chi connectivity index (χ1n) is 3.58. The van der Waals surface area contributed by atoms with Gasteiger partial charge in [0.2, 0.25) is 0 Å². The normalized spacial score (nSPS) is 9.70. The van der Waals surface area contributed by atoms with Gasteiger partial charge in [-0.05, 0) is 12.1 Å². The predicted molar refractivity (Wildman–Crippen MR) is 59.6 cm³/mol. The van der Waals surface area contributed by atoms with Crippen LogP contribution in [0.4, 0.5) is 45.2 Å². The van der Waals surface area contributed by atoms with Gasteiger partial charge in [-0.2, -0.15) is 26.3 Å².